The molecule has 4 aromatic rings. The fourth-order valence-electron chi connectivity index (χ4n) is 4.72. The van der Waals surface area contributed by atoms with Gasteiger partial charge < -0.3 is 24.8 Å². The molecule has 3 aromatic heterocycles. The summed E-state index contributed by atoms with van der Waals surface area (Å²) in [6.45, 7) is 6.77. The Morgan fingerprint density at radius 1 is 1.15 bits per heavy atom. The Labute approximate surface area is 225 Å². The van der Waals surface area contributed by atoms with E-state index in [1.807, 2.05) is 24.3 Å². The Morgan fingerprint density at radius 2 is 1.97 bits per heavy atom. The highest BCUT2D eigenvalue weighted by atomic mass is 19.1. The molecule has 10 nitrogen and oxygen atoms in total. The van der Waals surface area contributed by atoms with Crippen LogP contribution in [0.15, 0.2) is 76.9 Å². The molecule has 2 fully saturated rings. The number of fused-ring (bicyclic) bond motifs is 1. The van der Waals surface area contributed by atoms with Crippen LogP contribution in [0.1, 0.15) is 24.5 Å². The lowest BCUT2D eigenvalue weighted by Crippen LogP contribution is -2.48. The summed E-state index contributed by atoms with van der Waals surface area (Å²) < 4.78 is 20.6. The molecule has 0 spiro atoms. The zero-order valence-electron chi connectivity index (χ0n) is 21.5. The van der Waals surface area contributed by atoms with Gasteiger partial charge in [0.15, 0.2) is 24.1 Å². The second-order valence-electron chi connectivity index (χ2n) is 9.58. The van der Waals surface area contributed by atoms with Gasteiger partial charge >= 0.3 is 0 Å². The molecule has 0 unspecified atom stereocenters. The molecular formula is C28H30FN9O. The number of amidine groups is 1. The maximum Gasteiger partial charge on any atom is 0.181 e. The first-order chi connectivity index (χ1) is 19.2. The number of hydrogen-bond donors (Lipinski definition) is 3. The normalized spacial score (nSPS) is 16.5. The van der Waals surface area contributed by atoms with Gasteiger partial charge in [-0.3, -0.25) is 10.1 Å². The molecule has 1 saturated heterocycles. The Balaban J connectivity index is 1.20. The number of H-pyrrole nitrogens is 2. The topological polar surface area (TPSA) is 110 Å². The Hall–Kier alpha value is -4.67. The van der Waals surface area contributed by atoms with E-state index in [1.165, 1.54) is 12.8 Å². The SMILES string of the molecule is C=N/C(=C\C(=N/COc1ccc2[nH]ccc2c1F)N1CCN(c2ccncc2)CC1)Nc1cc(C2CC2)[nH]n1. The van der Waals surface area contributed by atoms with Crippen molar-refractivity contribution >= 4 is 35.0 Å². The van der Waals surface area contributed by atoms with Gasteiger partial charge in [-0.15, -0.1) is 0 Å². The van der Waals surface area contributed by atoms with E-state index in [-0.39, 0.29) is 12.5 Å². The molecule has 0 radical (unpaired) electrons. The number of benzene rings is 1. The summed E-state index contributed by atoms with van der Waals surface area (Å²) in [6, 6.07) is 11.1. The van der Waals surface area contributed by atoms with Crippen LogP contribution in [0.4, 0.5) is 15.9 Å². The predicted molar refractivity (Wildman–Crippen MR) is 151 cm³/mol. The second kappa shape index (κ2) is 11.0. The van der Waals surface area contributed by atoms with Crippen LogP contribution in [-0.2, 0) is 0 Å². The smallest absolute Gasteiger partial charge is 0.181 e. The molecule has 1 aromatic carbocycles. The quantitative estimate of drug-likeness (QED) is 0.218. The van der Waals surface area contributed by atoms with E-state index < -0.39 is 5.82 Å². The van der Waals surface area contributed by atoms with Crippen molar-refractivity contribution in [2.24, 2.45) is 9.98 Å². The van der Waals surface area contributed by atoms with Crippen LogP contribution in [-0.4, -0.2) is 70.5 Å². The number of nitrogens with one attached hydrogen (secondary N) is 3. The molecule has 1 aliphatic heterocycles. The fourth-order valence-corrected chi connectivity index (χ4v) is 4.72. The van der Waals surface area contributed by atoms with Crippen molar-refractivity contribution in [1.29, 1.82) is 0 Å². The number of pyridine rings is 1. The molecule has 1 saturated carbocycles. The van der Waals surface area contributed by atoms with Gasteiger partial charge in [0.25, 0.3) is 0 Å². The highest BCUT2D eigenvalue weighted by Crippen LogP contribution is 2.39. The minimum atomic E-state index is -0.410. The molecule has 1 aliphatic carbocycles. The molecule has 6 rings (SSSR count). The monoisotopic (exact) mass is 527 g/mol. The van der Waals surface area contributed by atoms with E-state index in [0.29, 0.717) is 28.8 Å². The second-order valence-corrected chi connectivity index (χ2v) is 9.58. The van der Waals surface area contributed by atoms with Gasteiger partial charge in [0.1, 0.15) is 11.7 Å². The van der Waals surface area contributed by atoms with Crippen molar-refractivity contribution in [3.63, 3.8) is 0 Å². The molecule has 39 heavy (non-hydrogen) atoms. The van der Waals surface area contributed by atoms with E-state index in [0.717, 1.165) is 43.1 Å². The van der Waals surface area contributed by atoms with Crippen LogP contribution >= 0.6 is 0 Å². The number of anilines is 2. The van der Waals surface area contributed by atoms with Crippen molar-refractivity contribution in [3.05, 3.63) is 78.4 Å². The van der Waals surface area contributed by atoms with Crippen LogP contribution in [0.25, 0.3) is 10.9 Å². The van der Waals surface area contributed by atoms with Gasteiger partial charge in [-0.25, -0.2) is 14.4 Å². The zero-order chi connectivity index (χ0) is 26.6. The van der Waals surface area contributed by atoms with Gasteiger partial charge in [0, 0.05) is 85.1 Å². The molecule has 11 heteroatoms. The first-order valence-corrected chi connectivity index (χ1v) is 13.0. The van der Waals surface area contributed by atoms with Gasteiger partial charge in [-0.05, 0) is 49.9 Å². The first kappa shape index (κ1) is 24.7. The third-order valence-electron chi connectivity index (χ3n) is 7.02. The van der Waals surface area contributed by atoms with Crippen molar-refractivity contribution in [1.82, 2.24) is 25.1 Å². The number of rotatable bonds is 9. The third-order valence-corrected chi connectivity index (χ3v) is 7.02. The molecule has 3 N–H and O–H groups in total. The Morgan fingerprint density at radius 3 is 2.74 bits per heavy atom. The Bertz CT molecular complexity index is 1500. The number of aliphatic imine (C=N–C) groups is 2. The average molecular weight is 528 g/mol. The average Bonchev–Trinajstić information content (AvgIpc) is 3.52. The lowest BCUT2D eigenvalue weighted by atomic mass is 10.2. The first-order valence-electron chi connectivity index (χ1n) is 13.0. The molecule has 0 bridgehead atoms. The van der Waals surface area contributed by atoms with E-state index in [4.69, 9.17) is 9.73 Å². The minimum Gasteiger partial charge on any atom is -0.468 e. The number of aromatic nitrogens is 4. The maximum atomic E-state index is 14.9. The van der Waals surface area contributed by atoms with E-state index in [1.54, 1.807) is 36.8 Å². The molecule has 200 valence electrons. The summed E-state index contributed by atoms with van der Waals surface area (Å²) in [7, 11) is 0. The zero-order valence-corrected chi connectivity index (χ0v) is 21.5. The highest BCUT2D eigenvalue weighted by Gasteiger charge is 2.26. The summed E-state index contributed by atoms with van der Waals surface area (Å²) in [4.78, 5) is 20.5. The van der Waals surface area contributed by atoms with E-state index in [2.05, 4.69) is 47.0 Å². The van der Waals surface area contributed by atoms with Gasteiger partial charge in [-0.2, -0.15) is 5.10 Å². The van der Waals surface area contributed by atoms with Crippen molar-refractivity contribution in [2.45, 2.75) is 18.8 Å². The van der Waals surface area contributed by atoms with Gasteiger partial charge in [0.05, 0.1) is 0 Å². The number of nitrogens with zero attached hydrogens (tertiary/aromatic N) is 6. The minimum absolute atomic E-state index is 0.0537. The number of ether oxygens (including phenoxy) is 1. The molecular weight excluding hydrogens is 497 g/mol. The summed E-state index contributed by atoms with van der Waals surface area (Å²) in [5, 5.41) is 11.2. The maximum absolute atomic E-state index is 14.9. The number of piperazine rings is 1. The van der Waals surface area contributed by atoms with E-state index >= 15 is 0 Å². The summed E-state index contributed by atoms with van der Waals surface area (Å²) in [6.07, 6.45) is 9.50. The molecule has 2 aliphatic rings. The lowest BCUT2D eigenvalue weighted by molar-refractivity contribution is 0.309. The number of aromatic amines is 2. The van der Waals surface area contributed by atoms with Gasteiger partial charge in [-0.1, -0.05) is 0 Å². The lowest BCUT2D eigenvalue weighted by Gasteiger charge is -2.37. The summed E-state index contributed by atoms with van der Waals surface area (Å²) in [5.41, 5.74) is 2.98. The number of halogens is 1. The fraction of sp³-hybridized carbons (Fsp3) is 0.286. The Kier molecular flexibility index (Phi) is 6.94. The van der Waals surface area contributed by atoms with Crippen LogP contribution in [0.2, 0.25) is 0 Å². The van der Waals surface area contributed by atoms with Crippen LogP contribution < -0.4 is 15.0 Å². The number of hydrogen-bond acceptors (Lipinski definition) is 7. The molecule has 4 heterocycles. The van der Waals surface area contributed by atoms with Crippen LogP contribution in [0.3, 0.4) is 0 Å². The standard InChI is InChI=1S/C28H30FN9O/c1-30-25(34-26-16-23(35-36-26)19-2-3-19)17-27(38-14-12-37(13-15-38)20-6-9-31-10-7-20)33-18-39-24-5-4-22-21(28(24)29)8-11-32-22/h4-11,16-17,19,32H,1-3,12-15,18H2,(H2,34,35,36)/b25-17+,33-27+. The van der Waals surface area contributed by atoms with Crippen molar-refractivity contribution in [3.8, 4) is 5.75 Å². The molecule has 0 amide bonds. The summed E-state index contributed by atoms with van der Waals surface area (Å²) in [5.74, 6) is 2.16. The third kappa shape index (κ3) is 5.62. The highest BCUT2D eigenvalue weighted by molar-refractivity contribution is 5.94. The van der Waals surface area contributed by atoms with Crippen LogP contribution in [0, 0.1) is 5.82 Å². The molecule has 0 atom stereocenters. The largest absolute Gasteiger partial charge is 0.468 e. The predicted octanol–water partition coefficient (Wildman–Crippen LogP) is 4.51. The summed E-state index contributed by atoms with van der Waals surface area (Å²) >= 11 is 0. The van der Waals surface area contributed by atoms with Crippen LogP contribution in [0.5, 0.6) is 5.75 Å². The van der Waals surface area contributed by atoms with E-state index in [9.17, 15) is 4.39 Å². The van der Waals surface area contributed by atoms with Crippen molar-refractivity contribution < 1.29 is 9.13 Å². The van der Waals surface area contributed by atoms with Crippen molar-refractivity contribution in [2.75, 3.05) is 43.1 Å². The van der Waals surface area contributed by atoms with Gasteiger partial charge in [0.2, 0.25) is 0 Å².